The Labute approximate surface area is 128 Å². The van der Waals surface area contributed by atoms with E-state index in [-0.39, 0.29) is 5.91 Å². The SMILES string of the molecule is CC(C)N(C)CCCNc1cc(N)ccc1C(=O)N(C)C. The van der Waals surface area contributed by atoms with Gasteiger partial charge >= 0.3 is 0 Å². The minimum atomic E-state index is -0.0169. The van der Waals surface area contributed by atoms with Crippen LogP contribution in [0.25, 0.3) is 0 Å². The molecule has 0 saturated carbocycles. The monoisotopic (exact) mass is 292 g/mol. The Balaban J connectivity index is 2.65. The average molecular weight is 292 g/mol. The first-order valence-electron chi connectivity index (χ1n) is 7.38. The van der Waals surface area contributed by atoms with Crippen LogP contribution in [0.4, 0.5) is 11.4 Å². The number of hydrogen-bond donors (Lipinski definition) is 2. The van der Waals surface area contributed by atoms with Crippen LogP contribution in [0.5, 0.6) is 0 Å². The molecule has 1 aromatic carbocycles. The van der Waals surface area contributed by atoms with Gasteiger partial charge in [0.1, 0.15) is 0 Å². The summed E-state index contributed by atoms with van der Waals surface area (Å²) in [4.78, 5) is 16.0. The first-order valence-corrected chi connectivity index (χ1v) is 7.38. The average Bonchev–Trinajstić information content (AvgIpc) is 2.42. The summed E-state index contributed by atoms with van der Waals surface area (Å²) in [5.41, 5.74) is 7.95. The van der Waals surface area contributed by atoms with E-state index in [0.717, 1.165) is 25.2 Å². The zero-order valence-electron chi connectivity index (χ0n) is 13.8. The van der Waals surface area contributed by atoms with Gasteiger partial charge in [0.05, 0.1) is 5.56 Å². The number of anilines is 2. The van der Waals surface area contributed by atoms with Crippen molar-refractivity contribution in [2.75, 3.05) is 45.3 Å². The number of carbonyl (C=O) groups is 1. The van der Waals surface area contributed by atoms with Crippen molar-refractivity contribution in [2.45, 2.75) is 26.3 Å². The van der Waals surface area contributed by atoms with Gasteiger partial charge in [-0.15, -0.1) is 0 Å². The predicted molar refractivity (Wildman–Crippen MR) is 89.7 cm³/mol. The largest absolute Gasteiger partial charge is 0.399 e. The predicted octanol–water partition coefficient (Wildman–Crippen LogP) is 2.11. The Bertz CT molecular complexity index is 471. The second-order valence-corrected chi connectivity index (χ2v) is 5.86. The number of hydrogen-bond acceptors (Lipinski definition) is 4. The third-order valence-electron chi connectivity index (χ3n) is 3.56. The summed E-state index contributed by atoms with van der Waals surface area (Å²) < 4.78 is 0. The minimum Gasteiger partial charge on any atom is -0.399 e. The highest BCUT2D eigenvalue weighted by Gasteiger charge is 2.13. The molecule has 1 aromatic rings. The molecule has 1 amide bonds. The van der Waals surface area contributed by atoms with Gasteiger partial charge in [0.15, 0.2) is 0 Å². The summed E-state index contributed by atoms with van der Waals surface area (Å²) in [6, 6.07) is 5.90. The van der Waals surface area contributed by atoms with Crippen LogP contribution >= 0.6 is 0 Å². The molecule has 0 radical (unpaired) electrons. The van der Waals surface area contributed by atoms with Crippen molar-refractivity contribution in [3.63, 3.8) is 0 Å². The summed E-state index contributed by atoms with van der Waals surface area (Å²) in [5.74, 6) is -0.0169. The molecule has 118 valence electrons. The topological polar surface area (TPSA) is 61.6 Å². The van der Waals surface area contributed by atoms with Crippen molar-refractivity contribution < 1.29 is 4.79 Å². The van der Waals surface area contributed by atoms with E-state index in [4.69, 9.17) is 5.73 Å². The number of nitrogens with zero attached hydrogens (tertiary/aromatic N) is 2. The van der Waals surface area contributed by atoms with Crippen LogP contribution in [0.15, 0.2) is 18.2 Å². The molecule has 0 aliphatic heterocycles. The molecule has 0 heterocycles. The third kappa shape index (κ3) is 5.27. The van der Waals surface area contributed by atoms with Crippen LogP contribution in [-0.2, 0) is 0 Å². The number of nitrogens with two attached hydrogens (primary N) is 1. The van der Waals surface area contributed by atoms with Gasteiger partial charge in [0.2, 0.25) is 0 Å². The number of nitrogens with one attached hydrogen (secondary N) is 1. The molecule has 21 heavy (non-hydrogen) atoms. The molecular weight excluding hydrogens is 264 g/mol. The lowest BCUT2D eigenvalue weighted by Gasteiger charge is -2.21. The first-order chi connectivity index (χ1) is 9.82. The minimum absolute atomic E-state index is 0.0169. The Hall–Kier alpha value is -1.75. The summed E-state index contributed by atoms with van der Waals surface area (Å²) in [5, 5.41) is 3.33. The molecule has 0 aliphatic rings. The lowest BCUT2D eigenvalue weighted by molar-refractivity contribution is 0.0828. The molecule has 5 heteroatoms. The van der Waals surface area contributed by atoms with E-state index in [9.17, 15) is 4.79 Å². The molecule has 0 unspecified atom stereocenters. The van der Waals surface area contributed by atoms with Gasteiger partial charge < -0.3 is 20.9 Å². The number of carbonyl (C=O) groups excluding carboxylic acids is 1. The summed E-state index contributed by atoms with van der Waals surface area (Å²) in [7, 11) is 5.62. The highest BCUT2D eigenvalue weighted by molar-refractivity contribution is 5.99. The summed E-state index contributed by atoms with van der Waals surface area (Å²) in [6.07, 6.45) is 1.01. The van der Waals surface area contributed by atoms with E-state index in [1.165, 1.54) is 0 Å². The van der Waals surface area contributed by atoms with Crippen molar-refractivity contribution >= 4 is 17.3 Å². The fourth-order valence-electron chi connectivity index (χ4n) is 1.95. The molecule has 1 rings (SSSR count). The second-order valence-electron chi connectivity index (χ2n) is 5.86. The molecule has 0 saturated heterocycles. The summed E-state index contributed by atoms with van der Waals surface area (Å²) >= 11 is 0. The van der Waals surface area contributed by atoms with Gasteiger partial charge in [-0.1, -0.05) is 0 Å². The van der Waals surface area contributed by atoms with Crippen LogP contribution in [-0.4, -0.2) is 56.0 Å². The highest BCUT2D eigenvalue weighted by atomic mass is 16.2. The van der Waals surface area contributed by atoms with Crippen LogP contribution < -0.4 is 11.1 Å². The van der Waals surface area contributed by atoms with Crippen molar-refractivity contribution in [1.82, 2.24) is 9.80 Å². The van der Waals surface area contributed by atoms with Gasteiger partial charge in [-0.2, -0.15) is 0 Å². The lowest BCUT2D eigenvalue weighted by atomic mass is 10.1. The van der Waals surface area contributed by atoms with Crippen molar-refractivity contribution in [1.29, 1.82) is 0 Å². The molecule has 0 fully saturated rings. The zero-order chi connectivity index (χ0) is 16.0. The van der Waals surface area contributed by atoms with Gasteiger partial charge in [-0.25, -0.2) is 0 Å². The van der Waals surface area contributed by atoms with Gasteiger partial charge in [-0.3, -0.25) is 4.79 Å². The van der Waals surface area contributed by atoms with E-state index in [1.807, 2.05) is 6.07 Å². The molecule has 0 aromatic heterocycles. The zero-order valence-corrected chi connectivity index (χ0v) is 13.8. The number of nitrogen functional groups attached to an aromatic ring is 1. The Morgan fingerprint density at radius 1 is 1.29 bits per heavy atom. The molecule has 0 spiro atoms. The fraction of sp³-hybridized carbons (Fsp3) is 0.562. The molecular formula is C16H28N4O. The highest BCUT2D eigenvalue weighted by Crippen LogP contribution is 2.20. The van der Waals surface area contributed by atoms with Crippen molar-refractivity contribution in [3.8, 4) is 0 Å². The van der Waals surface area contributed by atoms with E-state index >= 15 is 0 Å². The van der Waals surface area contributed by atoms with Gasteiger partial charge in [0.25, 0.3) is 5.91 Å². The quantitative estimate of drug-likeness (QED) is 0.597. The Kier molecular flexibility index (Phi) is 6.49. The van der Waals surface area contributed by atoms with E-state index in [2.05, 4.69) is 31.1 Å². The molecule has 0 bridgehead atoms. The van der Waals surface area contributed by atoms with Crippen molar-refractivity contribution in [3.05, 3.63) is 23.8 Å². The van der Waals surface area contributed by atoms with Crippen LogP contribution in [0.2, 0.25) is 0 Å². The second kappa shape index (κ2) is 7.88. The van der Waals surface area contributed by atoms with Gasteiger partial charge in [0, 0.05) is 38.1 Å². The van der Waals surface area contributed by atoms with E-state index in [1.54, 1.807) is 31.1 Å². The Morgan fingerprint density at radius 2 is 1.95 bits per heavy atom. The smallest absolute Gasteiger partial charge is 0.255 e. The van der Waals surface area contributed by atoms with Crippen molar-refractivity contribution in [2.24, 2.45) is 0 Å². The maximum absolute atomic E-state index is 12.1. The van der Waals surface area contributed by atoms with E-state index in [0.29, 0.717) is 17.3 Å². The molecule has 0 aliphatic carbocycles. The number of amides is 1. The first kappa shape index (κ1) is 17.3. The lowest BCUT2D eigenvalue weighted by Crippen LogP contribution is -2.28. The number of rotatable bonds is 7. The fourth-order valence-corrected chi connectivity index (χ4v) is 1.95. The van der Waals surface area contributed by atoms with Crippen LogP contribution in [0.3, 0.4) is 0 Å². The maximum Gasteiger partial charge on any atom is 0.255 e. The Morgan fingerprint density at radius 3 is 2.52 bits per heavy atom. The molecule has 0 atom stereocenters. The number of benzene rings is 1. The van der Waals surface area contributed by atoms with Crippen LogP contribution in [0, 0.1) is 0 Å². The molecule has 3 N–H and O–H groups in total. The van der Waals surface area contributed by atoms with Crippen LogP contribution in [0.1, 0.15) is 30.6 Å². The standard InChI is InChI=1S/C16H28N4O/c1-12(2)20(5)10-6-9-18-15-11-13(17)7-8-14(15)16(21)19(3)4/h7-8,11-12,18H,6,9-10,17H2,1-5H3. The third-order valence-corrected chi connectivity index (χ3v) is 3.56. The summed E-state index contributed by atoms with van der Waals surface area (Å²) in [6.45, 7) is 6.19. The maximum atomic E-state index is 12.1. The van der Waals surface area contributed by atoms with E-state index < -0.39 is 0 Å². The van der Waals surface area contributed by atoms with Gasteiger partial charge in [-0.05, 0) is 52.1 Å². The normalized spacial score (nSPS) is 11.0. The molecule has 5 nitrogen and oxygen atoms in total.